The van der Waals surface area contributed by atoms with Gasteiger partial charge in [0.15, 0.2) is 23.2 Å². The lowest BCUT2D eigenvalue weighted by molar-refractivity contribution is -0.115. The number of carbonyl (C=O) groups is 1. The van der Waals surface area contributed by atoms with E-state index in [0.717, 1.165) is 36.7 Å². The van der Waals surface area contributed by atoms with E-state index in [1.807, 2.05) is 24.3 Å². The fraction of sp³-hybridized carbons (Fsp3) is 0.318. The van der Waals surface area contributed by atoms with Crippen LogP contribution >= 0.6 is 0 Å². The molecule has 0 spiro atoms. The smallest absolute Gasteiger partial charge is 0.230 e. The summed E-state index contributed by atoms with van der Waals surface area (Å²) in [5.74, 6) is -0.894. The molecule has 1 aliphatic rings. The molecule has 32 heavy (non-hydrogen) atoms. The third-order valence-electron chi connectivity index (χ3n) is 4.87. The normalized spacial score (nSPS) is 13.5. The lowest BCUT2D eigenvalue weighted by Gasteiger charge is -2.25. The molecule has 8 nitrogen and oxygen atoms in total. The van der Waals surface area contributed by atoms with Gasteiger partial charge in [0.1, 0.15) is 5.75 Å². The van der Waals surface area contributed by atoms with Crippen LogP contribution in [-0.4, -0.2) is 47.8 Å². The van der Waals surface area contributed by atoms with E-state index in [9.17, 15) is 13.6 Å². The number of methoxy groups -OCH3 is 1. The molecule has 0 saturated carbocycles. The maximum atomic E-state index is 13.8. The van der Waals surface area contributed by atoms with Gasteiger partial charge in [-0.15, -0.1) is 5.10 Å². The molecule has 2 aromatic carbocycles. The van der Waals surface area contributed by atoms with Crippen LogP contribution in [-0.2, 0) is 22.5 Å². The van der Waals surface area contributed by atoms with E-state index in [4.69, 9.17) is 9.47 Å². The van der Waals surface area contributed by atoms with Crippen molar-refractivity contribution in [1.29, 1.82) is 0 Å². The Labute approximate surface area is 183 Å². The van der Waals surface area contributed by atoms with Crippen LogP contribution in [0.2, 0.25) is 0 Å². The molecule has 0 aliphatic carbocycles. The quantitative estimate of drug-likeness (QED) is 0.546. The number of hydrogen-bond donors (Lipinski definition) is 1. The number of aromatic nitrogens is 3. The minimum atomic E-state index is -0.809. The number of benzene rings is 2. The van der Waals surface area contributed by atoms with Gasteiger partial charge in [0.25, 0.3) is 0 Å². The van der Waals surface area contributed by atoms with Gasteiger partial charge in [-0.25, -0.2) is 8.78 Å². The molecule has 2 heterocycles. The number of carbonyl (C=O) groups excluding carboxylic acids is 1. The summed E-state index contributed by atoms with van der Waals surface area (Å²) >= 11 is 0. The Bertz CT molecular complexity index is 1060. The van der Waals surface area contributed by atoms with Crippen LogP contribution in [0.4, 0.5) is 14.6 Å². The fourth-order valence-electron chi connectivity index (χ4n) is 3.16. The molecular formula is C22H22F2N4O4. The van der Waals surface area contributed by atoms with Gasteiger partial charge in [0, 0.05) is 5.92 Å². The molecule has 1 N–H and O–H groups in total. The zero-order valence-electron chi connectivity index (χ0n) is 17.4. The minimum Gasteiger partial charge on any atom is -0.493 e. The van der Waals surface area contributed by atoms with Crippen molar-refractivity contribution in [2.24, 2.45) is 5.92 Å². The zero-order chi connectivity index (χ0) is 22.5. The molecule has 1 amide bonds. The van der Waals surface area contributed by atoms with Crippen molar-refractivity contribution in [3.63, 3.8) is 0 Å². The predicted molar refractivity (Wildman–Crippen MR) is 111 cm³/mol. The average Bonchev–Trinajstić information content (AvgIpc) is 3.14. The molecule has 4 rings (SSSR count). The third kappa shape index (κ3) is 5.38. The van der Waals surface area contributed by atoms with Gasteiger partial charge in [-0.05, 0) is 35.4 Å². The van der Waals surface area contributed by atoms with Gasteiger partial charge in [0.2, 0.25) is 5.91 Å². The molecule has 1 saturated heterocycles. The molecule has 1 aliphatic heterocycles. The average molecular weight is 444 g/mol. The van der Waals surface area contributed by atoms with Crippen LogP contribution in [0.3, 0.4) is 0 Å². The van der Waals surface area contributed by atoms with Gasteiger partial charge in [0.05, 0.1) is 46.1 Å². The van der Waals surface area contributed by atoms with Crippen LogP contribution in [0, 0.1) is 17.6 Å². The number of anilines is 1. The predicted octanol–water partition coefficient (Wildman–Crippen LogP) is 2.82. The summed E-state index contributed by atoms with van der Waals surface area (Å²) in [6, 6.07) is 9.61. The highest BCUT2D eigenvalue weighted by Gasteiger charge is 2.19. The molecule has 10 heteroatoms. The molecule has 1 aromatic heterocycles. The number of hydrogen-bond acceptors (Lipinski definition) is 6. The Kier molecular flexibility index (Phi) is 6.60. The summed E-state index contributed by atoms with van der Waals surface area (Å²) in [7, 11) is 1.19. The fourth-order valence-corrected chi connectivity index (χ4v) is 3.16. The van der Waals surface area contributed by atoms with Gasteiger partial charge in [-0.2, -0.15) is 9.90 Å². The first-order valence-electron chi connectivity index (χ1n) is 10.0. The second-order valence-corrected chi connectivity index (χ2v) is 7.44. The number of halogens is 2. The first kappa shape index (κ1) is 21.7. The molecule has 0 atom stereocenters. The van der Waals surface area contributed by atoms with Crippen LogP contribution < -0.4 is 14.8 Å². The largest absolute Gasteiger partial charge is 0.493 e. The summed E-state index contributed by atoms with van der Waals surface area (Å²) in [5.41, 5.74) is 1.14. The number of rotatable bonds is 9. The lowest BCUT2D eigenvalue weighted by atomic mass is 10.1. The zero-order valence-corrected chi connectivity index (χ0v) is 17.4. The highest BCUT2D eigenvalue weighted by atomic mass is 19.1. The Morgan fingerprint density at radius 2 is 1.91 bits per heavy atom. The van der Waals surface area contributed by atoms with E-state index in [1.54, 1.807) is 0 Å². The Morgan fingerprint density at radius 1 is 1.19 bits per heavy atom. The number of nitrogens with zero attached hydrogens (tertiary/aromatic N) is 3. The Hall–Kier alpha value is -3.53. The highest BCUT2D eigenvalue weighted by Crippen LogP contribution is 2.23. The van der Waals surface area contributed by atoms with Crippen LogP contribution in [0.25, 0.3) is 0 Å². The van der Waals surface area contributed by atoms with Crippen molar-refractivity contribution in [3.8, 4) is 11.5 Å². The van der Waals surface area contributed by atoms with Crippen LogP contribution in [0.1, 0.15) is 11.1 Å². The maximum Gasteiger partial charge on any atom is 0.230 e. The van der Waals surface area contributed by atoms with E-state index in [-0.39, 0.29) is 24.7 Å². The molecular weight excluding hydrogens is 422 g/mol. The number of nitrogens with one attached hydrogen (secondary N) is 1. The van der Waals surface area contributed by atoms with Crippen molar-refractivity contribution < 1.29 is 27.8 Å². The van der Waals surface area contributed by atoms with Crippen molar-refractivity contribution in [2.45, 2.75) is 13.0 Å². The van der Waals surface area contributed by atoms with E-state index in [1.165, 1.54) is 18.1 Å². The second kappa shape index (κ2) is 9.73. The molecule has 168 valence electrons. The molecule has 3 aromatic rings. The summed E-state index contributed by atoms with van der Waals surface area (Å²) in [6.45, 7) is 2.11. The lowest BCUT2D eigenvalue weighted by Crippen LogP contribution is -2.32. The van der Waals surface area contributed by atoms with E-state index >= 15 is 0 Å². The molecule has 0 bridgehead atoms. The first-order chi connectivity index (χ1) is 15.5. The second-order valence-electron chi connectivity index (χ2n) is 7.44. The van der Waals surface area contributed by atoms with Crippen molar-refractivity contribution in [1.82, 2.24) is 15.0 Å². The summed E-state index contributed by atoms with van der Waals surface area (Å²) in [5, 5.41) is 10.8. The summed E-state index contributed by atoms with van der Waals surface area (Å²) < 4.78 is 43.1. The van der Waals surface area contributed by atoms with Gasteiger partial charge < -0.3 is 19.5 Å². The van der Waals surface area contributed by atoms with E-state index < -0.39 is 17.4 Å². The monoisotopic (exact) mass is 444 g/mol. The summed E-state index contributed by atoms with van der Waals surface area (Å²) in [4.78, 5) is 13.5. The topological polar surface area (TPSA) is 87.5 Å². The van der Waals surface area contributed by atoms with Crippen LogP contribution in [0.5, 0.6) is 11.5 Å². The maximum absolute atomic E-state index is 13.8. The van der Waals surface area contributed by atoms with Gasteiger partial charge in [-0.1, -0.05) is 12.1 Å². The van der Waals surface area contributed by atoms with E-state index in [2.05, 4.69) is 20.3 Å². The summed E-state index contributed by atoms with van der Waals surface area (Å²) in [6.07, 6.45) is 1.52. The van der Waals surface area contributed by atoms with E-state index in [0.29, 0.717) is 18.1 Å². The standard InChI is InChI=1S/C22H22F2N4O4/c1-30-22-18(23)6-15(7-19(22)24)10-28-25-9-20(27-28)26-21(29)8-14-2-4-17(5-3-14)32-13-16-11-31-12-16/h2-7,9,16H,8,10-13H2,1H3,(H,26,27,29). The van der Waals surface area contributed by atoms with Crippen molar-refractivity contribution in [2.75, 3.05) is 32.2 Å². The van der Waals surface area contributed by atoms with Gasteiger partial charge >= 0.3 is 0 Å². The van der Waals surface area contributed by atoms with Gasteiger partial charge in [-0.3, -0.25) is 4.79 Å². The molecule has 0 unspecified atom stereocenters. The molecule has 1 fully saturated rings. The highest BCUT2D eigenvalue weighted by molar-refractivity contribution is 5.91. The van der Waals surface area contributed by atoms with Crippen molar-refractivity contribution in [3.05, 3.63) is 65.4 Å². The Balaban J connectivity index is 1.29. The SMILES string of the molecule is COc1c(F)cc(Cn2ncc(NC(=O)Cc3ccc(OCC4COC4)cc3)n2)cc1F. The Morgan fingerprint density at radius 3 is 2.53 bits per heavy atom. The van der Waals surface area contributed by atoms with Crippen LogP contribution in [0.15, 0.2) is 42.6 Å². The minimum absolute atomic E-state index is 0.0299. The number of amides is 1. The van der Waals surface area contributed by atoms with Crippen molar-refractivity contribution >= 4 is 11.7 Å². The third-order valence-corrected chi connectivity index (χ3v) is 4.87. The molecule has 0 radical (unpaired) electrons. The number of ether oxygens (including phenoxy) is 3. The first-order valence-corrected chi connectivity index (χ1v) is 10.0.